The smallest absolute Gasteiger partial charge is 0.410 e. The van der Waals surface area contributed by atoms with E-state index < -0.39 is 28.0 Å². The first kappa shape index (κ1) is 19.7. The highest BCUT2D eigenvalue weighted by Crippen LogP contribution is 2.37. The van der Waals surface area contributed by atoms with Gasteiger partial charge in [0.25, 0.3) is 5.69 Å². The molecule has 0 saturated carbocycles. The molecule has 2 rings (SSSR count). The number of amides is 1. The van der Waals surface area contributed by atoms with Gasteiger partial charge in [-0.25, -0.2) is 4.79 Å². The summed E-state index contributed by atoms with van der Waals surface area (Å²) in [5.41, 5.74) is -1.71. The first-order valence-corrected chi connectivity index (χ1v) is 8.48. The number of piperidine rings is 1. The van der Waals surface area contributed by atoms with Crippen molar-refractivity contribution in [2.75, 3.05) is 13.1 Å². The van der Waals surface area contributed by atoms with Crippen LogP contribution in [0.1, 0.15) is 39.2 Å². The molecule has 0 spiro atoms. The van der Waals surface area contributed by atoms with Crippen LogP contribution in [0.3, 0.4) is 0 Å². The summed E-state index contributed by atoms with van der Waals surface area (Å²) in [5.74, 6) is -1.07. The van der Waals surface area contributed by atoms with Crippen molar-refractivity contribution in [3.63, 3.8) is 0 Å². The first-order chi connectivity index (χ1) is 12.0. The van der Waals surface area contributed by atoms with Crippen LogP contribution < -0.4 is 0 Å². The summed E-state index contributed by atoms with van der Waals surface area (Å²) in [4.78, 5) is 36.5. The Morgan fingerprint density at radius 2 is 2.00 bits per heavy atom. The highest BCUT2D eigenvalue weighted by molar-refractivity contribution is 5.77. The Labute approximate surface area is 151 Å². The van der Waals surface area contributed by atoms with Crippen LogP contribution in [-0.4, -0.2) is 45.7 Å². The Bertz CT molecular complexity index is 712. The Hall–Kier alpha value is -2.64. The first-order valence-electron chi connectivity index (χ1n) is 8.48. The molecule has 1 N–H and O–H groups in total. The fourth-order valence-corrected chi connectivity index (χ4v) is 3.21. The van der Waals surface area contributed by atoms with Crippen LogP contribution in [0.2, 0.25) is 0 Å². The van der Waals surface area contributed by atoms with Crippen LogP contribution in [0.4, 0.5) is 10.5 Å². The second kappa shape index (κ2) is 7.31. The van der Waals surface area contributed by atoms with E-state index in [1.165, 1.54) is 11.0 Å². The summed E-state index contributed by atoms with van der Waals surface area (Å²) in [6.07, 6.45) is 0.254. The van der Waals surface area contributed by atoms with Gasteiger partial charge in [-0.15, -0.1) is 0 Å². The van der Waals surface area contributed by atoms with Crippen LogP contribution in [0.25, 0.3) is 0 Å². The molecule has 142 valence electrons. The van der Waals surface area contributed by atoms with Crippen LogP contribution in [0, 0.1) is 15.5 Å². The standard InChI is InChI=1S/C18H24N2O6/c1-17(2,3)26-16(23)19-10-6-9-18(12-19,15(21)22)11-13-7-4-5-8-14(13)20(24)25/h4-5,7-8H,6,9-12H2,1-3H3,(H,21,22). The van der Waals surface area contributed by atoms with Gasteiger partial charge in [-0.3, -0.25) is 14.9 Å². The number of ether oxygens (including phenoxy) is 1. The lowest BCUT2D eigenvalue weighted by Gasteiger charge is -2.40. The second-order valence-corrected chi connectivity index (χ2v) is 7.65. The molecule has 1 atom stereocenters. The maximum absolute atomic E-state index is 12.4. The molecule has 1 saturated heterocycles. The summed E-state index contributed by atoms with van der Waals surface area (Å²) < 4.78 is 5.35. The number of benzene rings is 1. The van der Waals surface area contributed by atoms with E-state index in [0.29, 0.717) is 24.9 Å². The average molecular weight is 364 g/mol. The Morgan fingerprint density at radius 3 is 2.58 bits per heavy atom. The zero-order valence-electron chi connectivity index (χ0n) is 15.2. The van der Waals surface area contributed by atoms with Gasteiger partial charge in [0, 0.05) is 24.7 Å². The second-order valence-electron chi connectivity index (χ2n) is 7.65. The van der Waals surface area contributed by atoms with E-state index in [0.717, 1.165) is 0 Å². The Balaban J connectivity index is 2.28. The maximum atomic E-state index is 12.4. The number of carboxylic acids is 1. The van der Waals surface area contributed by atoms with Gasteiger partial charge in [0.05, 0.1) is 10.3 Å². The number of carbonyl (C=O) groups is 2. The minimum absolute atomic E-state index is 0.0151. The molecule has 1 aliphatic heterocycles. The maximum Gasteiger partial charge on any atom is 0.410 e. The number of aliphatic carboxylic acids is 1. The molecule has 1 heterocycles. The molecular weight excluding hydrogens is 340 g/mol. The van der Waals surface area contributed by atoms with Crippen molar-refractivity contribution in [3.8, 4) is 0 Å². The zero-order valence-corrected chi connectivity index (χ0v) is 15.2. The molecule has 1 aromatic rings. The molecular formula is C18H24N2O6. The molecule has 0 radical (unpaired) electrons. The van der Waals surface area contributed by atoms with E-state index >= 15 is 0 Å². The molecule has 1 fully saturated rings. The molecule has 8 heteroatoms. The van der Waals surface area contributed by atoms with Crippen molar-refractivity contribution in [2.45, 2.75) is 45.6 Å². The number of hydrogen-bond acceptors (Lipinski definition) is 5. The largest absolute Gasteiger partial charge is 0.481 e. The van der Waals surface area contributed by atoms with Crippen molar-refractivity contribution in [1.29, 1.82) is 0 Å². The summed E-state index contributed by atoms with van der Waals surface area (Å²) in [7, 11) is 0. The van der Waals surface area contributed by atoms with Crippen molar-refractivity contribution in [3.05, 3.63) is 39.9 Å². The van der Waals surface area contributed by atoms with Gasteiger partial charge in [-0.1, -0.05) is 18.2 Å². The minimum atomic E-state index is -1.28. The van der Waals surface area contributed by atoms with Crippen LogP contribution >= 0.6 is 0 Å². The number of hydrogen-bond donors (Lipinski definition) is 1. The molecule has 8 nitrogen and oxygen atoms in total. The van der Waals surface area contributed by atoms with Gasteiger partial charge in [-0.2, -0.15) is 0 Å². The summed E-state index contributed by atoms with van der Waals surface area (Å²) in [5, 5.41) is 21.1. The number of carboxylic acid groups (broad SMARTS) is 1. The van der Waals surface area contributed by atoms with E-state index in [1.54, 1.807) is 39.0 Å². The van der Waals surface area contributed by atoms with Crippen LogP contribution in [0.15, 0.2) is 24.3 Å². The van der Waals surface area contributed by atoms with E-state index in [9.17, 15) is 24.8 Å². The van der Waals surface area contributed by atoms with Crippen molar-refractivity contribution in [2.24, 2.45) is 5.41 Å². The van der Waals surface area contributed by atoms with Gasteiger partial charge in [0.1, 0.15) is 5.60 Å². The SMILES string of the molecule is CC(C)(C)OC(=O)N1CCCC(Cc2ccccc2[N+](=O)[O-])(C(=O)O)C1. The molecule has 0 bridgehead atoms. The zero-order chi connectivity index (χ0) is 19.5. The number of carbonyl (C=O) groups excluding carboxylic acids is 1. The average Bonchev–Trinajstić information content (AvgIpc) is 2.53. The molecule has 1 aliphatic rings. The van der Waals surface area contributed by atoms with Crippen molar-refractivity contribution < 1.29 is 24.4 Å². The fourth-order valence-electron chi connectivity index (χ4n) is 3.21. The molecule has 1 unspecified atom stereocenters. The van der Waals surface area contributed by atoms with E-state index in [2.05, 4.69) is 0 Å². The fraction of sp³-hybridized carbons (Fsp3) is 0.556. The minimum Gasteiger partial charge on any atom is -0.481 e. The third kappa shape index (κ3) is 4.50. The van der Waals surface area contributed by atoms with Gasteiger partial charge in [-0.05, 0) is 40.0 Å². The third-order valence-electron chi connectivity index (χ3n) is 4.40. The van der Waals surface area contributed by atoms with Crippen LogP contribution in [-0.2, 0) is 16.0 Å². The Morgan fingerprint density at radius 1 is 1.35 bits per heavy atom. The lowest BCUT2D eigenvalue weighted by atomic mass is 9.75. The van der Waals surface area contributed by atoms with Gasteiger partial charge < -0.3 is 14.7 Å². The summed E-state index contributed by atoms with van der Waals surface area (Å²) >= 11 is 0. The normalized spacial score (nSPS) is 20.5. The highest BCUT2D eigenvalue weighted by Gasteiger charge is 2.45. The molecule has 0 aliphatic carbocycles. The lowest BCUT2D eigenvalue weighted by molar-refractivity contribution is -0.385. The predicted octanol–water partition coefficient (Wildman–Crippen LogP) is 3.24. The number of likely N-dealkylation sites (tertiary alicyclic amines) is 1. The highest BCUT2D eigenvalue weighted by atomic mass is 16.6. The van der Waals surface area contributed by atoms with E-state index in [1.807, 2.05) is 0 Å². The van der Waals surface area contributed by atoms with Crippen molar-refractivity contribution >= 4 is 17.7 Å². The number of nitro benzene ring substituents is 1. The quantitative estimate of drug-likeness (QED) is 0.649. The monoisotopic (exact) mass is 364 g/mol. The molecule has 0 aromatic heterocycles. The molecule has 26 heavy (non-hydrogen) atoms. The predicted molar refractivity (Wildman–Crippen MR) is 93.9 cm³/mol. The third-order valence-corrected chi connectivity index (χ3v) is 4.40. The van der Waals surface area contributed by atoms with Gasteiger partial charge >= 0.3 is 12.1 Å². The summed E-state index contributed by atoms with van der Waals surface area (Å²) in [6, 6.07) is 6.11. The topological polar surface area (TPSA) is 110 Å². The number of nitro groups is 1. The summed E-state index contributed by atoms with van der Waals surface area (Å²) in [6.45, 7) is 5.59. The van der Waals surface area contributed by atoms with Gasteiger partial charge in [0.2, 0.25) is 0 Å². The Kier molecular flexibility index (Phi) is 5.53. The van der Waals surface area contributed by atoms with E-state index in [-0.39, 0.29) is 18.7 Å². The lowest BCUT2D eigenvalue weighted by Crippen LogP contribution is -2.52. The van der Waals surface area contributed by atoms with E-state index in [4.69, 9.17) is 4.74 Å². The molecule has 1 amide bonds. The van der Waals surface area contributed by atoms with Crippen molar-refractivity contribution in [1.82, 2.24) is 4.90 Å². The van der Waals surface area contributed by atoms with Crippen LogP contribution in [0.5, 0.6) is 0 Å². The molecule has 1 aromatic carbocycles. The number of nitrogens with zero attached hydrogens (tertiary/aromatic N) is 2. The number of para-hydroxylation sites is 1. The number of rotatable bonds is 4. The van der Waals surface area contributed by atoms with Gasteiger partial charge in [0.15, 0.2) is 0 Å².